The minimum absolute atomic E-state index is 0.0938. The molecule has 1 heterocycles. The number of hydrogen-bond donors (Lipinski definition) is 0. The van der Waals surface area contributed by atoms with Crippen LogP contribution in [0, 0.1) is 0 Å². The molecule has 0 bridgehead atoms. The molecular formula is C42H24BF24NO4S. The van der Waals surface area contributed by atoms with Crippen molar-refractivity contribution in [3.8, 4) is 0 Å². The van der Waals surface area contributed by atoms with Crippen LogP contribution < -0.4 is 26.4 Å². The molecule has 73 heavy (non-hydrogen) atoms. The monoisotopic (exact) mass is 1110 g/mol. The lowest BCUT2D eigenvalue weighted by molar-refractivity contribution is -0.682. The van der Waals surface area contributed by atoms with Gasteiger partial charge in [-0.3, -0.25) is 0 Å². The Labute approximate surface area is 396 Å². The van der Waals surface area contributed by atoms with Crippen LogP contribution in [0.15, 0.2) is 102 Å². The molecule has 0 fully saturated rings. The predicted molar refractivity (Wildman–Crippen MR) is 207 cm³/mol. The average molecular weight is 1110 g/mol. The fourth-order valence-corrected chi connectivity index (χ4v) is 7.71. The largest absolute Gasteiger partial charge is 0.465 e. The molecule has 0 saturated heterocycles. The van der Waals surface area contributed by atoms with E-state index in [2.05, 4.69) is 9.47 Å². The van der Waals surface area contributed by atoms with Gasteiger partial charge < -0.3 is 9.47 Å². The number of thiazole rings is 1. The number of benzene rings is 4. The van der Waals surface area contributed by atoms with Gasteiger partial charge in [0.1, 0.15) is 11.7 Å². The van der Waals surface area contributed by atoms with E-state index in [0.29, 0.717) is 6.54 Å². The van der Waals surface area contributed by atoms with Gasteiger partial charge in [-0.25, -0.2) is 9.59 Å². The number of rotatable bonds is 8. The van der Waals surface area contributed by atoms with Crippen molar-refractivity contribution in [3.63, 3.8) is 0 Å². The molecule has 0 unspecified atom stereocenters. The van der Waals surface area contributed by atoms with Crippen LogP contribution in [0.25, 0.3) is 0 Å². The second kappa shape index (κ2) is 20.5. The van der Waals surface area contributed by atoms with Crippen LogP contribution in [0.4, 0.5) is 105 Å². The topological polar surface area (TPSA) is 56.5 Å². The maximum atomic E-state index is 14.2. The normalized spacial score (nSPS) is 13.2. The third-order valence-electron chi connectivity index (χ3n) is 10.3. The average Bonchev–Trinajstić information content (AvgIpc) is 3.78. The molecule has 0 saturated carbocycles. The van der Waals surface area contributed by atoms with Crippen LogP contribution in [0.2, 0.25) is 0 Å². The van der Waals surface area contributed by atoms with E-state index >= 15 is 0 Å². The zero-order chi connectivity index (χ0) is 55.9. The number of nitrogens with zero attached hydrogens (tertiary/aromatic N) is 1. The summed E-state index contributed by atoms with van der Waals surface area (Å²) in [7, 11) is 2.44. The molecule has 0 spiro atoms. The number of carbonyl (C=O) groups excluding carboxylic acids is 2. The van der Waals surface area contributed by atoms with Crippen molar-refractivity contribution in [1.29, 1.82) is 0 Å². The van der Waals surface area contributed by atoms with E-state index in [4.69, 9.17) is 0 Å². The van der Waals surface area contributed by atoms with Gasteiger partial charge in [0.05, 0.1) is 64.1 Å². The van der Waals surface area contributed by atoms with Crippen molar-refractivity contribution in [2.24, 2.45) is 0 Å². The molecule has 4 aromatic carbocycles. The van der Waals surface area contributed by atoms with Gasteiger partial charge >= 0.3 is 61.3 Å². The fourth-order valence-electron chi connectivity index (χ4n) is 7.10. The first-order valence-electron chi connectivity index (χ1n) is 19.1. The number of allylic oxidation sites excluding steroid dienone is 1. The maximum absolute atomic E-state index is 14.2. The predicted octanol–water partition coefficient (Wildman–Crippen LogP) is 11.5. The lowest BCUT2D eigenvalue weighted by atomic mass is 9.12. The van der Waals surface area contributed by atoms with E-state index in [1.165, 1.54) is 31.6 Å². The lowest BCUT2D eigenvalue weighted by Crippen LogP contribution is -2.75. The molecule has 31 heteroatoms. The van der Waals surface area contributed by atoms with Crippen LogP contribution in [-0.4, -0.2) is 32.3 Å². The van der Waals surface area contributed by atoms with Crippen molar-refractivity contribution in [2.75, 3.05) is 14.2 Å². The molecule has 1 aromatic heterocycles. The number of aromatic nitrogens is 1. The SMILES string of the molecule is COC(=O)C(=CC[n+]1ccsc1)C(=O)OC.FC(F)(F)c1cc([B-](c2cc(C(F)(F)F)cc(C(F)(F)F)c2)(c2cc(C(F)(F)F)cc(C(F)(F)F)c2)c2cc(C(F)(F)F)cc(C(F)(F)F)c2)cc(C(F)(F)F)c1. The Morgan fingerprint density at radius 2 is 0.644 bits per heavy atom. The Hall–Kier alpha value is -6.43. The van der Waals surface area contributed by atoms with E-state index in [-0.39, 0.29) is 5.57 Å². The smallest absolute Gasteiger partial charge is 0.416 e. The molecule has 5 nitrogen and oxygen atoms in total. The number of ether oxygens (including phenoxy) is 2. The minimum atomic E-state index is -6.13. The number of esters is 2. The number of hydrogen-bond acceptors (Lipinski definition) is 5. The Morgan fingerprint density at radius 1 is 0.425 bits per heavy atom. The quantitative estimate of drug-likeness (QED) is 0.0296. The van der Waals surface area contributed by atoms with Gasteiger partial charge in [0.25, 0.3) is 0 Å². The molecule has 398 valence electrons. The summed E-state index contributed by atoms with van der Waals surface area (Å²) >= 11 is 1.52. The number of halogens is 24. The second-order valence-electron chi connectivity index (χ2n) is 15.0. The fraction of sp³-hybridized carbons (Fsp3) is 0.262. The molecule has 0 radical (unpaired) electrons. The highest BCUT2D eigenvalue weighted by Gasteiger charge is 2.47. The van der Waals surface area contributed by atoms with Gasteiger partial charge in [0.2, 0.25) is 5.51 Å². The van der Waals surface area contributed by atoms with Crippen LogP contribution in [-0.2, 0) is 75.0 Å². The summed E-state index contributed by atoms with van der Waals surface area (Å²) in [5.41, 5.74) is -28.4. The van der Waals surface area contributed by atoms with Crippen LogP contribution in [0.1, 0.15) is 44.5 Å². The Morgan fingerprint density at radius 3 is 0.808 bits per heavy atom. The van der Waals surface area contributed by atoms with Crippen LogP contribution in [0.3, 0.4) is 0 Å². The third kappa shape index (κ3) is 14.0. The number of methoxy groups -OCH3 is 2. The summed E-state index contributed by atoms with van der Waals surface area (Å²) in [5.74, 6) is -1.38. The molecule has 0 aliphatic carbocycles. The van der Waals surface area contributed by atoms with Crippen molar-refractivity contribution in [1.82, 2.24) is 0 Å². The van der Waals surface area contributed by atoms with Crippen LogP contribution in [0.5, 0.6) is 0 Å². The van der Waals surface area contributed by atoms with Crippen molar-refractivity contribution < 1.29 is 129 Å². The van der Waals surface area contributed by atoms with Crippen LogP contribution >= 0.6 is 11.3 Å². The second-order valence-corrected chi connectivity index (χ2v) is 15.8. The highest BCUT2D eigenvalue weighted by atomic mass is 32.1. The first kappa shape index (κ1) is 59.1. The summed E-state index contributed by atoms with van der Waals surface area (Å²) in [6.07, 6.45) is -51.5. The molecule has 5 rings (SSSR count). The summed E-state index contributed by atoms with van der Waals surface area (Å²) in [4.78, 5) is 22.5. The van der Waals surface area contributed by atoms with E-state index in [1.807, 2.05) is 21.7 Å². The molecule has 0 aliphatic heterocycles. The van der Waals surface area contributed by atoms with Gasteiger partial charge in [-0.15, -0.1) is 0 Å². The van der Waals surface area contributed by atoms with Gasteiger partial charge in [0, 0.05) is 6.08 Å². The van der Waals surface area contributed by atoms with Crippen molar-refractivity contribution >= 4 is 51.3 Å². The highest BCUT2D eigenvalue weighted by Crippen LogP contribution is 2.41. The van der Waals surface area contributed by atoms with E-state index < -0.39 is 207 Å². The maximum Gasteiger partial charge on any atom is 0.416 e. The minimum Gasteiger partial charge on any atom is -0.465 e. The molecule has 0 aliphatic rings. The lowest BCUT2D eigenvalue weighted by Gasteiger charge is -2.46. The van der Waals surface area contributed by atoms with Gasteiger partial charge in [-0.2, -0.15) is 132 Å². The van der Waals surface area contributed by atoms with E-state index in [1.54, 1.807) is 0 Å². The molecule has 0 N–H and O–H groups in total. The third-order valence-corrected chi connectivity index (χ3v) is 11.0. The molecular weight excluding hydrogens is 1080 g/mol. The Kier molecular flexibility index (Phi) is 16.6. The number of alkyl halides is 24. The molecule has 0 atom stereocenters. The zero-order valence-electron chi connectivity index (χ0n) is 35.6. The number of carbonyl (C=O) groups is 2. The van der Waals surface area contributed by atoms with Crippen molar-refractivity contribution in [2.45, 2.75) is 56.0 Å². The first-order chi connectivity index (χ1) is 32.9. The summed E-state index contributed by atoms with van der Waals surface area (Å²) < 4.78 is 352. The summed E-state index contributed by atoms with van der Waals surface area (Å²) in [6.45, 7) is 0.420. The molecule has 5 aromatic rings. The van der Waals surface area contributed by atoms with Gasteiger partial charge in [-0.1, -0.05) is 59.9 Å². The van der Waals surface area contributed by atoms with Crippen molar-refractivity contribution in [3.05, 3.63) is 146 Å². The summed E-state index contributed by atoms with van der Waals surface area (Å²) in [5, 5.41) is 1.89. The van der Waals surface area contributed by atoms with E-state index in [0.717, 1.165) is 0 Å². The van der Waals surface area contributed by atoms with Gasteiger partial charge in [0.15, 0.2) is 12.7 Å². The van der Waals surface area contributed by atoms with E-state index in [9.17, 15) is 115 Å². The summed E-state index contributed by atoms with van der Waals surface area (Å²) in [6, 6.07) is -8.81. The highest BCUT2D eigenvalue weighted by molar-refractivity contribution is 7.20. The Bertz CT molecular complexity index is 2380. The molecule has 0 amide bonds. The Balaban J connectivity index is 0.000000613. The standard InChI is InChI=1S/C32H12BF24.C10H12NO4S/c34-25(35,36)13-1-14(26(37,38)39)6-21(5-13)33(22-7-15(27(40,41)42)2-16(8-22)28(43,44)45,23-9-17(29(46,47)48)3-18(10-23)30(49,50)51)24-11-19(31(52,53)54)4-20(12-24)32(55,56)57;1-14-9(12)8(10(13)15-2)3-4-11-5-6-16-7-11/h1-12H;3,5-7H,4H2,1-2H3/q-1;+1. The first-order valence-corrected chi connectivity index (χ1v) is 20.0. The zero-order valence-corrected chi connectivity index (χ0v) is 36.4. The van der Waals surface area contributed by atoms with Gasteiger partial charge in [-0.05, 0) is 24.3 Å².